The molecular formula is C19H23N3O2. The number of H-pyrrole nitrogens is 1. The Morgan fingerprint density at radius 3 is 2.88 bits per heavy atom. The van der Waals surface area contributed by atoms with Gasteiger partial charge in [0, 0.05) is 24.2 Å². The molecule has 2 unspecified atom stereocenters. The quantitative estimate of drug-likeness (QED) is 0.888. The van der Waals surface area contributed by atoms with Gasteiger partial charge < -0.3 is 15.6 Å². The van der Waals surface area contributed by atoms with E-state index >= 15 is 0 Å². The Kier molecular flexibility index (Phi) is 3.59. The summed E-state index contributed by atoms with van der Waals surface area (Å²) >= 11 is 0. The Labute approximate surface area is 141 Å². The molecule has 2 heterocycles. The number of hydrogen-bond donors (Lipinski definition) is 2. The van der Waals surface area contributed by atoms with E-state index in [0.717, 1.165) is 18.4 Å². The molecule has 3 N–H and O–H groups in total. The van der Waals surface area contributed by atoms with E-state index in [1.54, 1.807) is 4.90 Å². The molecule has 0 bridgehead atoms. The Bertz CT molecular complexity index is 823. The number of benzene rings is 1. The van der Waals surface area contributed by atoms with E-state index in [-0.39, 0.29) is 17.7 Å². The van der Waals surface area contributed by atoms with Crippen LogP contribution in [0.15, 0.2) is 18.2 Å². The van der Waals surface area contributed by atoms with Gasteiger partial charge in [-0.3, -0.25) is 9.59 Å². The summed E-state index contributed by atoms with van der Waals surface area (Å²) in [6.45, 7) is 3.31. The fourth-order valence-corrected chi connectivity index (χ4v) is 4.14. The van der Waals surface area contributed by atoms with Crippen LogP contribution in [0.1, 0.15) is 41.4 Å². The van der Waals surface area contributed by atoms with Gasteiger partial charge in [0.25, 0.3) is 5.91 Å². The van der Waals surface area contributed by atoms with Crippen molar-refractivity contribution in [2.24, 2.45) is 17.6 Å². The third-order valence-electron chi connectivity index (χ3n) is 5.58. The van der Waals surface area contributed by atoms with E-state index in [1.165, 1.54) is 23.1 Å². The van der Waals surface area contributed by atoms with Gasteiger partial charge in [-0.05, 0) is 43.2 Å². The van der Waals surface area contributed by atoms with Crippen molar-refractivity contribution >= 4 is 22.7 Å². The van der Waals surface area contributed by atoms with Crippen molar-refractivity contribution < 1.29 is 9.59 Å². The van der Waals surface area contributed by atoms with E-state index in [0.29, 0.717) is 31.0 Å². The first-order valence-corrected chi connectivity index (χ1v) is 8.75. The van der Waals surface area contributed by atoms with Gasteiger partial charge in [-0.2, -0.15) is 0 Å². The normalized spacial score (nSPS) is 23.5. The monoisotopic (exact) mass is 325 g/mol. The van der Waals surface area contributed by atoms with E-state index in [1.807, 2.05) is 12.1 Å². The molecule has 2 aromatic rings. The van der Waals surface area contributed by atoms with Gasteiger partial charge >= 0.3 is 0 Å². The lowest BCUT2D eigenvalue weighted by atomic mass is 9.87. The molecule has 2 aliphatic rings. The molecule has 4 rings (SSSR count). The predicted molar refractivity (Wildman–Crippen MR) is 92.7 cm³/mol. The summed E-state index contributed by atoms with van der Waals surface area (Å²) in [6.07, 6.45) is 3.97. The zero-order valence-electron chi connectivity index (χ0n) is 14.0. The number of carbonyl (C=O) groups excluding carboxylic acids is 2. The van der Waals surface area contributed by atoms with Gasteiger partial charge in [-0.1, -0.05) is 19.1 Å². The van der Waals surface area contributed by atoms with Crippen molar-refractivity contribution in [3.63, 3.8) is 0 Å². The van der Waals surface area contributed by atoms with Gasteiger partial charge in [0.1, 0.15) is 0 Å². The standard InChI is InChI=1S/C19H23N3O2/c1-11-5-6-16-15(9-11)13-3-2-4-14(17(13)21-16)19(24)22-8-7-12(10-22)18(20)23/h2-4,11-12,21H,5-10H2,1H3,(H2,20,23). The number of likely N-dealkylation sites (tertiary alicyclic amines) is 1. The summed E-state index contributed by atoms with van der Waals surface area (Å²) in [5, 5.41) is 1.17. The third kappa shape index (κ3) is 2.39. The molecule has 126 valence electrons. The van der Waals surface area contributed by atoms with Crippen LogP contribution in [0.4, 0.5) is 0 Å². The van der Waals surface area contributed by atoms with E-state index < -0.39 is 0 Å². The number of nitrogens with zero attached hydrogens (tertiary/aromatic N) is 1. The summed E-state index contributed by atoms with van der Waals surface area (Å²) in [7, 11) is 0. The number of aromatic nitrogens is 1. The van der Waals surface area contributed by atoms with Gasteiger partial charge in [0.05, 0.1) is 17.0 Å². The molecule has 2 atom stereocenters. The SMILES string of the molecule is CC1CCc2[nH]c3c(C(=O)N4CCC(C(N)=O)C4)cccc3c2C1. The maximum absolute atomic E-state index is 13.0. The van der Waals surface area contributed by atoms with E-state index in [9.17, 15) is 9.59 Å². The third-order valence-corrected chi connectivity index (χ3v) is 5.58. The minimum atomic E-state index is -0.312. The molecule has 5 heteroatoms. The van der Waals surface area contributed by atoms with Crippen LogP contribution in [0, 0.1) is 11.8 Å². The smallest absolute Gasteiger partial charge is 0.256 e. The number of primary amides is 1. The minimum absolute atomic E-state index is 0.00371. The van der Waals surface area contributed by atoms with Crippen LogP contribution in [0.25, 0.3) is 10.9 Å². The highest BCUT2D eigenvalue weighted by molar-refractivity contribution is 6.07. The Hall–Kier alpha value is -2.30. The number of para-hydroxylation sites is 1. The van der Waals surface area contributed by atoms with Crippen molar-refractivity contribution in [3.8, 4) is 0 Å². The number of amides is 2. The van der Waals surface area contributed by atoms with Gasteiger partial charge in [0.2, 0.25) is 5.91 Å². The van der Waals surface area contributed by atoms with Gasteiger partial charge in [-0.15, -0.1) is 0 Å². The molecule has 1 aromatic carbocycles. The molecule has 0 radical (unpaired) electrons. The maximum atomic E-state index is 13.0. The first-order chi connectivity index (χ1) is 11.5. The molecule has 1 aromatic heterocycles. The van der Waals surface area contributed by atoms with Crippen LogP contribution in [-0.4, -0.2) is 34.8 Å². The van der Waals surface area contributed by atoms with Crippen molar-refractivity contribution in [3.05, 3.63) is 35.0 Å². The second-order valence-corrected chi connectivity index (χ2v) is 7.30. The fraction of sp³-hybridized carbons (Fsp3) is 0.474. The topological polar surface area (TPSA) is 79.2 Å². The zero-order valence-corrected chi connectivity index (χ0v) is 14.0. The van der Waals surface area contributed by atoms with Crippen LogP contribution in [-0.2, 0) is 17.6 Å². The Balaban J connectivity index is 1.70. The van der Waals surface area contributed by atoms with Crippen molar-refractivity contribution in [2.45, 2.75) is 32.6 Å². The summed E-state index contributed by atoms with van der Waals surface area (Å²) < 4.78 is 0. The molecule has 1 fully saturated rings. The first kappa shape index (κ1) is 15.2. The highest BCUT2D eigenvalue weighted by Gasteiger charge is 2.31. The molecule has 1 aliphatic carbocycles. The number of hydrogen-bond acceptors (Lipinski definition) is 2. The molecule has 1 saturated heterocycles. The summed E-state index contributed by atoms with van der Waals surface area (Å²) in [5.74, 6) is 0.153. The van der Waals surface area contributed by atoms with Crippen LogP contribution >= 0.6 is 0 Å². The molecule has 5 nitrogen and oxygen atoms in total. The molecule has 0 spiro atoms. The van der Waals surface area contributed by atoms with E-state index in [2.05, 4.69) is 18.0 Å². The lowest BCUT2D eigenvalue weighted by molar-refractivity contribution is -0.121. The summed E-state index contributed by atoms with van der Waals surface area (Å²) in [4.78, 5) is 29.6. The molecule has 2 amide bonds. The number of nitrogens with two attached hydrogens (primary N) is 1. The average Bonchev–Trinajstić information content (AvgIpc) is 3.18. The number of aromatic amines is 1. The largest absolute Gasteiger partial charge is 0.369 e. The minimum Gasteiger partial charge on any atom is -0.369 e. The first-order valence-electron chi connectivity index (χ1n) is 8.75. The average molecular weight is 325 g/mol. The van der Waals surface area contributed by atoms with Crippen molar-refractivity contribution in [1.29, 1.82) is 0 Å². The number of aryl methyl sites for hydroxylation is 1. The van der Waals surface area contributed by atoms with Crippen LogP contribution in [0.2, 0.25) is 0 Å². The fourth-order valence-electron chi connectivity index (χ4n) is 4.14. The number of nitrogens with one attached hydrogen (secondary N) is 1. The van der Waals surface area contributed by atoms with Crippen LogP contribution < -0.4 is 5.73 Å². The van der Waals surface area contributed by atoms with Gasteiger partial charge in [0.15, 0.2) is 0 Å². The van der Waals surface area contributed by atoms with Gasteiger partial charge in [-0.25, -0.2) is 0 Å². The Morgan fingerprint density at radius 1 is 1.29 bits per heavy atom. The number of rotatable bonds is 2. The molecule has 1 aliphatic heterocycles. The number of carbonyl (C=O) groups is 2. The second kappa shape index (κ2) is 5.65. The molecule has 0 saturated carbocycles. The lowest BCUT2D eigenvalue weighted by Gasteiger charge is -2.18. The van der Waals surface area contributed by atoms with Crippen molar-refractivity contribution in [2.75, 3.05) is 13.1 Å². The van der Waals surface area contributed by atoms with Crippen LogP contribution in [0.5, 0.6) is 0 Å². The van der Waals surface area contributed by atoms with Crippen LogP contribution in [0.3, 0.4) is 0 Å². The predicted octanol–water partition coefficient (Wildman–Crippen LogP) is 2.24. The Morgan fingerprint density at radius 2 is 2.12 bits per heavy atom. The lowest BCUT2D eigenvalue weighted by Crippen LogP contribution is -2.31. The molecule has 24 heavy (non-hydrogen) atoms. The van der Waals surface area contributed by atoms with E-state index in [4.69, 9.17) is 5.73 Å². The summed E-state index contributed by atoms with van der Waals surface area (Å²) in [5.41, 5.74) is 9.69. The summed E-state index contributed by atoms with van der Waals surface area (Å²) in [6, 6.07) is 5.95. The zero-order chi connectivity index (χ0) is 16.8. The highest BCUT2D eigenvalue weighted by atomic mass is 16.2. The molecular weight excluding hydrogens is 302 g/mol. The highest BCUT2D eigenvalue weighted by Crippen LogP contribution is 2.33. The maximum Gasteiger partial charge on any atom is 0.256 e. The van der Waals surface area contributed by atoms with Crippen molar-refractivity contribution in [1.82, 2.24) is 9.88 Å². The number of fused-ring (bicyclic) bond motifs is 3. The second-order valence-electron chi connectivity index (χ2n) is 7.30.